The second kappa shape index (κ2) is 8.03. The van der Waals surface area contributed by atoms with E-state index in [-0.39, 0.29) is 12.5 Å². The topological polar surface area (TPSA) is 76.5 Å². The third-order valence-electron chi connectivity index (χ3n) is 6.07. The van der Waals surface area contributed by atoms with Gasteiger partial charge in [-0.25, -0.2) is 9.48 Å². The van der Waals surface area contributed by atoms with E-state index in [2.05, 4.69) is 11.8 Å². The Labute approximate surface area is 185 Å². The van der Waals surface area contributed by atoms with Gasteiger partial charge in [0.2, 0.25) is 5.91 Å². The lowest BCUT2D eigenvalue weighted by atomic mass is 10.2. The van der Waals surface area contributed by atoms with Gasteiger partial charge in [-0.05, 0) is 38.1 Å². The van der Waals surface area contributed by atoms with Gasteiger partial charge >= 0.3 is 5.76 Å². The quantitative estimate of drug-likeness (QED) is 0.497. The number of carbonyl (C=O) groups is 1. The van der Waals surface area contributed by atoms with E-state index >= 15 is 0 Å². The molecule has 0 N–H and O–H groups in total. The highest BCUT2D eigenvalue weighted by Gasteiger charge is 2.26. The van der Waals surface area contributed by atoms with Crippen molar-refractivity contribution >= 4 is 22.7 Å². The van der Waals surface area contributed by atoms with Crippen LogP contribution in [-0.4, -0.2) is 51.3 Å². The lowest BCUT2D eigenvalue weighted by molar-refractivity contribution is -0.132. The van der Waals surface area contributed by atoms with E-state index in [0.29, 0.717) is 24.2 Å². The number of hydrogen-bond donors (Lipinski definition) is 0. The molecule has 8 nitrogen and oxygen atoms in total. The lowest BCUT2D eigenvalue weighted by Crippen LogP contribution is -2.50. The van der Waals surface area contributed by atoms with Gasteiger partial charge in [-0.3, -0.25) is 9.36 Å². The minimum atomic E-state index is -0.502. The van der Waals surface area contributed by atoms with Crippen molar-refractivity contribution in [1.82, 2.24) is 19.2 Å². The minimum Gasteiger partial charge on any atom is -0.408 e. The SMILES string of the molecule is Cc1nn(-c2ccccc2)c(C)c1N1CCN(C(=O)Cn2c(=O)oc3ccccc32)CC1. The van der Waals surface area contributed by atoms with Crippen LogP contribution in [0.1, 0.15) is 11.4 Å². The number of rotatable bonds is 4. The average Bonchev–Trinajstić information content (AvgIpc) is 3.29. The number of oxazole rings is 1. The molecule has 5 rings (SSSR count). The van der Waals surface area contributed by atoms with E-state index in [1.54, 1.807) is 18.2 Å². The zero-order valence-corrected chi connectivity index (χ0v) is 18.2. The Morgan fingerprint density at radius 3 is 2.41 bits per heavy atom. The standard InChI is InChI=1S/C24H25N5O3/c1-17-23(18(2)29(25-17)19-8-4-3-5-9-19)27-14-12-26(13-15-27)22(30)16-28-20-10-6-7-11-21(20)32-24(28)31/h3-11H,12-16H2,1-2H3. The van der Waals surface area contributed by atoms with Crippen LogP contribution >= 0.6 is 0 Å². The monoisotopic (exact) mass is 431 g/mol. The number of para-hydroxylation sites is 3. The number of aryl methyl sites for hydroxylation is 1. The molecule has 0 aliphatic carbocycles. The highest BCUT2D eigenvalue weighted by molar-refractivity contribution is 5.80. The molecule has 0 atom stereocenters. The molecule has 1 fully saturated rings. The number of fused-ring (bicyclic) bond motifs is 1. The average molecular weight is 431 g/mol. The molecule has 0 bridgehead atoms. The number of aromatic nitrogens is 3. The fourth-order valence-electron chi connectivity index (χ4n) is 4.49. The molecule has 2 aromatic carbocycles. The summed E-state index contributed by atoms with van der Waals surface area (Å²) in [6.45, 7) is 6.72. The predicted molar refractivity (Wildman–Crippen MR) is 122 cm³/mol. The first kappa shape index (κ1) is 20.1. The second-order valence-corrected chi connectivity index (χ2v) is 8.06. The molecule has 1 saturated heterocycles. The Hall–Kier alpha value is -3.81. The van der Waals surface area contributed by atoms with Crippen molar-refractivity contribution in [2.75, 3.05) is 31.1 Å². The number of anilines is 1. The predicted octanol–water partition coefficient (Wildman–Crippen LogP) is 2.75. The summed E-state index contributed by atoms with van der Waals surface area (Å²) < 4.78 is 8.62. The Bertz CT molecular complexity index is 1330. The van der Waals surface area contributed by atoms with Gasteiger partial charge in [0.05, 0.1) is 28.3 Å². The number of amides is 1. The highest BCUT2D eigenvalue weighted by Crippen LogP contribution is 2.27. The fourth-order valence-corrected chi connectivity index (χ4v) is 4.49. The van der Waals surface area contributed by atoms with Gasteiger partial charge in [0.25, 0.3) is 0 Å². The Morgan fingerprint density at radius 1 is 0.969 bits per heavy atom. The van der Waals surface area contributed by atoms with Crippen molar-refractivity contribution in [3.63, 3.8) is 0 Å². The lowest BCUT2D eigenvalue weighted by Gasteiger charge is -2.36. The first-order chi connectivity index (χ1) is 15.5. The van der Waals surface area contributed by atoms with Crippen LogP contribution in [-0.2, 0) is 11.3 Å². The van der Waals surface area contributed by atoms with Crippen molar-refractivity contribution in [2.45, 2.75) is 20.4 Å². The molecule has 164 valence electrons. The van der Waals surface area contributed by atoms with E-state index < -0.39 is 5.76 Å². The molecule has 8 heteroatoms. The summed E-state index contributed by atoms with van der Waals surface area (Å²) in [5.41, 5.74) is 5.36. The van der Waals surface area contributed by atoms with Crippen molar-refractivity contribution in [2.24, 2.45) is 0 Å². The maximum absolute atomic E-state index is 12.9. The summed E-state index contributed by atoms with van der Waals surface area (Å²) >= 11 is 0. The van der Waals surface area contributed by atoms with Crippen LogP contribution in [0.15, 0.2) is 63.8 Å². The molecule has 0 unspecified atom stereocenters. The molecule has 1 aliphatic rings. The molecule has 1 aliphatic heterocycles. The van der Waals surface area contributed by atoms with Crippen LogP contribution in [0.4, 0.5) is 5.69 Å². The van der Waals surface area contributed by atoms with Gasteiger partial charge in [-0.1, -0.05) is 30.3 Å². The number of benzene rings is 2. The third kappa shape index (κ3) is 3.47. The number of nitrogens with zero attached hydrogens (tertiary/aromatic N) is 5. The molecule has 0 radical (unpaired) electrons. The molecule has 0 saturated carbocycles. The van der Waals surface area contributed by atoms with Crippen LogP contribution in [0.5, 0.6) is 0 Å². The normalized spacial score (nSPS) is 14.3. The molecule has 3 heterocycles. The first-order valence-electron chi connectivity index (χ1n) is 10.8. The minimum absolute atomic E-state index is 0.0140. The Balaban J connectivity index is 1.29. The Morgan fingerprint density at radius 2 is 1.66 bits per heavy atom. The molecule has 1 amide bonds. The summed E-state index contributed by atoms with van der Waals surface area (Å²) in [4.78, 5) is 29.2. The van der Waals surface area contributed by atoms with Crippen molar-refractivity contribution in [1.29, 1.82) is 0 Å². The summed E-state index contributed by atoms with van der Waals surface area (Å²) in [5, 5.41) is 4.74. The van der Waals surface area contributed by atoms with Crippen molar-refractivity contribution < 1.29 is 9.21 Å². The molecule has 2 aromatic heterocycles. The fraction of sp³-hybridized carbons (Fsp3) is 0.292. The zero-order valence-electron chi connectivity index (χ0n) is 18.2. The smallest absolute Gasteiger partial charge is 0.408 e. The maximum Gasteiger partial charge on any atom is 0.420 e. The summed E-state index contributed by atoms with van der Waals surface area (Å²) in [5.74, 6) is -0.579. The van der Waals surface area contributed by atoms with Crippen LogP contribution in [0.25, 0.3) is 16.8 Å². The zero-order chi connectivity index (χ0) is 22.2. The Kier molecular flexibility index (Phi) is 5.05. The van der Waals surface area contributed by atoms with E-state index in [9.17, 15) is 9.59 Å². The molecule has 0 spiro atoms. The van der Waals surface area contributed by atoms with Crippen molar-refractivity contribution in [3.05, 3.63) is 76.5 Å². The van der Waals surface area contributed by atoms with E-state index in [0.717, 1.165) is 35.9 Å². The highest BCUT2D eigenvalue weighted by atomic mass is 16.4. The van der Waals surface area contributed by atoms with E-state index in [1.165, 1.54) is 4.57 Å². The molecular formula is C24H25N5O3. The van der Waals surface area contributed by atoms with Gasteiger partial charge in [-0.2, -0.15) is 5.10 Å². The maximum atomic E-state index is 12.9. The van der Waals surface area contributed by atoms with Gasteiger partial charge in [0.15, 0.2) is 5.58 Å². The van der Waals surface area contributed by atoms with Crippen LogP contribution in [0.2, 0.25) is 0 Å². The molecule has 4 aromatic rings. The summed E-state index contributed by atoms with van der Waals surface area (Å²) in [6, 6.07) is 17.3. The van der Waals surface area contributed by atoms with Gasteiger partial charge < -0.3 is 14.2 Å². The van der Waals surface area contributed by atoms with Gasteiger partial charge in [-0.15, -0.1) is 0 Å². The number of piperazine rings is 1. The van der Waals surface area contributed by atoms with Gasteiger partial charge in [0.1, 0.15) is 6.54 Å². The van der Waals surface area contributed by atoms with Gasteiger partial charge in [0, 0.05) is 26.2 Å². The largest absolute Gasteiger partial charge is 0.420 e. The summed E-state index contributed by atoms with van der Waals surface area (Å²) in [6.07, 6.45) is 0. The van der Waals surface area contributed by atoms with Crippen LogP contribution in [0.3, 0.4) is 0 Å². The van der Waals surface area contributed by atoms with Crippen LogP contribution in [0, 0.1) is 13.8 Å². The number of hydrogen-bond acceptors (Lipinski definition) is 5. The first-order valence-corrected chi connectivity index (χ1v) is 10.8. The number of carbonyl (C=O) groups excluding carboxylic acids is 1. The van der Waals surface area contributed by atoms with E-state index in [4.69, 9.17) is 9.52 Å². The van der Waals surface area contributed by atoms with E-state index in [1.807, 2.05) is 52.9 Å². The second-order valence-electron chi connectivity index (χ2n) is 8.06. The third-order valence-corrected chi connectivity index (χ3v) is 6.07. The van der Waals surface area contributed by atoms with Crippen molar-refractivity contribution in [3.8, 4) is 5.69 Å². The molecular weight excluding hydrogens is 406 g/mol. The van der Waals surface area contributed by atoms with Crippen LogP contribution < -0.4 is 10.7 Å². The molecule has 32 heavy (non-hydrogen) atoms. The summed E-state index contributed by atoms with van der Waals surface area (Å²) in [7, 11) is 0.